The Morgan fingerprint density at radius 3 is 2.39 bits per heavy atom. The zero-order chi connectivity index (χ0) is 28.6. The minimum absolute atomic E-state index is 0.143. The molecule has 1 aromatic carbocycles. The van der Waals surface area contributed by atoms with Crippen LogP contribution in [0.25, 0.3) is 11.6 Å². The van der Waals surface area contributed by atoms with E-state index < -0.39 is 30.3 Å². The average Bonchev–Trinajstić information content (AvgIpc) is 3.31. The molecule has 3 rings (SSSR count). The normalized spacial score (nSPS) is 14.0. The molecule has 1 aromatic heterocycles. The van der Waals surface area contributed by atoms with Gasteiger partial charge in [-0.25, -0.2) is 4.39 Å². The number of likely N-dealkylation sites (N-methyl/N-ethyl adjacent to an activating group) is 1. The summed E-state index contributed by atoms with van der Waals surface area (Å²) < 4.78 is 13.7. The Hall–Kier alpha value is -4.03. The number of aromatic nitrogens is 1. The van der Waals surface area contributed by atoms with Gasteiger partial charge in [0.15, 0.2) is 0 Å². The second-order valence-electron chi connectivity index (χ2n) is 8.56. The minimum atomic E-state index is -1.96. The first-order chi connectivity index (χ1) is 17.9. The Kier molecular flexibility index (Phi) is 10.7. The summed E-state index contributed by atoms with van der Waals surface area (Å²) in [5.41, 5.74) is 4.20. The Labute approximate surface area is 219 Å². The predicted molar refractivity (Wildman–Crippen MR) is 134 cm³/mol. The summed E-state index contributed by atoms with van der Waals surface area (Å²) in [6, 6.07) is 4.20. The van der Waals surface area contributed by atoms with Crippen molar-refractivity contribution in [3.05, 3.63) is 52.1 Å². The number of hydrogen-bond donors (Lipinski definition) is 4. The second kappa shape index (κ2) is 13.5. The maximum Gasteiger partial charge on any atom is 0.256 e. The minimum Gasteiger partial charge on any atom is -0.550 e. The molecule has 0 aliphatic carbocycles. The van der Waals surface area contributed by atoms with Crippen molar-refractivity contribution in [1.82, 2.24) is 15.2 Å². The molecule has 0 spiro atoms. The van der Waals surface area contributed by atoms with Crippen LogP contribution in [0.3, 0.4) is 0 Å². The maximum atomic E-state index is 13.7. The number of aliphatic hydroxyl groups is 1. The number of benzene rings is 1. The van der Waals surface area contributed by atoms with Crippen molar-refractivity contribution in [2.45, 2.75) is 40.2 Å². The molecule has 38 heavy (non-hydrogen) atoms. The molecule has 2 amide bonds. The molecule has 0 saturated carbocycles. The van der Waals surface area contributed by atoms with Crippen molar-refractivity contribution in [1.29, 1.82) is 0 Å². The fraction of sp³-hybridized carbons (Fsp3) is 0.385. The molecule has 1 atom stereocenters. The molecule has 1 aliphatic rings. The number of aryl methyl sites for hydroxylation is 1. The van der Waals surface area contributed by atoms with Gasteiger partial charge in [0.2, 0.25) is 0 Å². The van der Waals surface area contributed by atoms with E-state index in [9.17, 15) is 33.8 Å². The lowest BCUT2D eigenvalue weighted by Crippen LogP contribution is -2.39. The highest BCUT2D eigenvalue weighted by Gasteiger charge is 2.26. The van der Waals surface area contributed by atoms with E-state index in [0.29, 0.717) is 34.6 Å². The fourth-order valence-corrected chi connectivity index (χ4v) is 3.90. The fourth-order valence-electron chi connectivity index (χ4n) is 3.90. The SMILES string of the molecule is CCN(CC)CCNC(=O)c1c(C)[nH]c(/C=C2\C(=O)Nc3ccc(F)cc32)c1C.O=C([O-])C[C@H](O)C(=O)[O-]. The first-order valence-electron chi connectivity index (χ1n) is 12.0. The zero-order valence-electron chi connectivity index (χ0n) is 21.6. The number of aliphatic hydroxyl groups excluding tert-OH is 1. The molecular formula is C26H31FN4O7-2. The van der Waals surface area contributed by atoms with Crippen LogP contribution in [0.5, 0.6) is 0 Å². The summed E-state index contributed by atoms with van der Waals surface area (Å²) in [5.74, 6) is -4.26. The van der Waals surface area contributed by atoms with Crippen molar-refractivity contribution >= 4 is 41.1 Å². The number of carbonyl (C=O) groups excluding carboxylic acids is 4. The first-order valence-corrected chi connectivity index (χ1v) is 12.0. The molecule has 0 saturated heterocycles. The van der Waals surface area contributed by atoms with Gasteiger partial charge in [0.25, 0.3) is 11.8 Å². The van der Waals surface area contributed by atoms with E-state index >= 15 is 0 Å². The molecule has 2 heterocycles. The summed E-state index contributed by atoms with van der Waals surface area (Å²) in [6.07, 6.45) is -1.21. The molecule has 0 radical (unpaired) electrons. The Bertz CT molecular complexity index is 1230. The third kappa shape index (κ3) is 7.73. The van der Waals surface area contributed by atoms with Crippen molar-refractivity contribution < 1.29 is 38.9 Å². The second-order valence-corrected chi connectivity index (χ2v) is 8.56. The van der Waals surface area contributed by atoms with Gasteiger partial charge in [0.05, 0.1) is 23.2 Å². The van der Waals surface area contributed by atoms with E-state index in [1.807, 2.05) is 13.8 Å². The van der Waals surface area contributed by atoms with Crippen LogP contribution in [-0.2, 0) is 14.4 Å². The van der Waals surface area contributed by atoms with Crippen molar-refractivity contribution in [2.75, 3.05) is 31.5 Å². The number of nitrogens with zero attached hydrogens (tertiary/aromatic N) is 1. The van der Waals surface area contributed by atoms with Crippen molar-refractivity contribution in [2.24, 2.45) is 0 Å². The van der Waals surface area contributed by atoms with E-state index in [-0.39, 0.29) is 11.8 Å². The van der Waals surface area contributed by atoms with Gasteiger partial charge in [-0.1, -0.05) is 13.8 Å². The molecule has 1 aliphatic heterocycles. The summed E-state index contributed by atoms with van der Waals surface area (Å²) in [4.78, 5) is 49.6. The number of amides is 2. The van der Waals surface area contributed by atoms with Gasteiger partial charge in [-0.3, -0.25) is 9.59 Å². The van der Waals surface area contributed by atoms with E-state index in [0.717, 1.165) is 30.9 Å². The van der Waals surface area contributed by atoms with Gasteiger partial charge >= 0.3 is 0 Å². The zero-order valence-corrected chi connectivity index (χ0v) is 21.6. The highest BCUT2D eigenvalue weighted by Crippen LogP contribution is 2.34. The first kappa shape index (κ1) is 30.2. The summed E-state index contributed by atoms with van der Waals surface area (Å²) in [5, 5.41) is 33.1. The number of aromatic amines is 1. The van der Waals surface area contributed by atoms with Gasteiger partial charge in [0, 0.05) is 48.1 Å². The maximum absolute atomic E-state index is 13.7. The number of carbonyl (C=O) groups is 4. The van der Waals surface area contributed by atoms with Crippen LogP contribution < -0.4 is 20.8 Å². The largest absolute Gasteiger partial charge is 0.550 e. The van der Waals surface area contributed by atoms with E-state index in [4.69, 9.17) is 5.11 Å². The van der Waals surface area contributed by atoms with E-state index in [1.54, 1.807) is 12.1 Å². The van der Waals surface area contributed by atoms with Gasteiger partial charge in [0.1, 0.15) is 5.82 Å². The Balaban J connectivity index is 0.000000484. The van der Waals surface area contributed by atoms with Crippen LogP contribution in [-0.4, -0.2) is 71.0 Å². The average molecular weight is 531 g/mol. The van der Waals surface area contributed by atoms with Crippen molar-refractivity contribution in [3.8, 4) is 0 Å². The predicted octanol–water partition coefficient (Wildman–Crippen LogP) is -0.428. The van der Waals surface area contributed by atoms with E-state index in [2.05, 4.69) is 34.4 Å². The molecular weight excluding hydrogens is 499 g/mol. The van der Waals surface area contributed by atoms with E-state index in [1.165, 1.54) is 12.1 Å². The number of hydrogen-bond acceptors (Lipinski definition) is 8. The van der Waals surface area contributed by atoms with Crippen LogP contribution in [0.4, 0.5) is 10.1 Å². The quantitative estimate of drug-likeness (QED) is 0.299. The van der Waals surface area contributed by atoms with Crippen LogP contribution in [0, 0.1) is 19.7 Å². The molecule has 2 aromatic rings. The monoisotopic (exact) mass is 530 g/mol. The third-order valence-electron chi connectivity index (χ3n) is 6.00. The van der Waals surface area contributed by atoms with Gasteiger partial charge < -0.3 is 45.4 Å². The summed E-state index contributed by atoms with van der Waals surface area (Å²) >= 11 is 0. The molecule has 12 heteroatoms. The number of carboxylic acids is 2. The number of anilines is 1. The topological polar surface area (TPSA) is 178 Å². The van der Waals surface area contributed by atoms with Crippen LogP contribution in [0.15, 0.2) is 18.2 Å². The molecule has 206 valence electrons. The summed E-state index contributed by atoms with van der Waals surface area (Å²) in [6.45, 7) is 11.1. The Morgan fingerprint density at radius 1 is 1.18 bits per heavy atom. The lowest BCUT2D eigenvalue weighted by Gasteiger charge is -2.18. The van der Waals surface area contributed by atoms with Crippen molar-refractivity contribution in [3.63, 3.8) is 0 Å². The standard InChI is InChI=1S/C22H27FN4O2.C4H6O5/c1-5-27(6-2)10-9-24-22(29)20-13(3)19(25-14(20)4)12-17-16-11-15(23)7-8-18(16)26-21(17)28;5-2(4(8)9)1-3(6)7/h7-8,11-12,25H,5-6,9-10H2,1-4H3,(H,24,29)(H,26,28);2,5H,1H2,(H,6,7)(H,8,9)/p-2/b17-12-;/t;2-/m.0/s1. The number of halogens is 1. The Morgan fingerprint density at radius 2 is 1.84 bits per heavy atom. The molecule has 0 fully saturated rings. The van der Waals surface area contributed by atoms with Crippen LogP contribution >= 0.6 is 0 Å². The molecule has 11 nitrogen and oxygen atoms in total. The lowest BCUT2D eigenvalue weighted by atomic mass is 10.0. The van der Waals surface area contributed by atoms with Crippen LogP contribution in [0.1, 0.15) is 53.1 Å². The number of fused-ring (bicyclic) bond motifs is 1. The smallest absolute Gasteiger partial charge is 0.256 e. The highest BCUT2D eigenvalue weighted by molar-refractivity contribution is 6.34. The lowest BCUT2D eigenvalue weighted by molar-refractivity contribution is -0.323. The van der Waals surface area contributed by atoms with Gasteiger partial charge in [-0.15, -0.1) is 0 Å². The van der Waals surface area contributed by atoms with Crippen LogP contribution in [0.2, 0.25) is 0 Å². The number of rotatable bonds is 10. The number of carboxylic acid groups (broad SMARTS) is 2. The van der Waals surface area contributed by atoms with Gasteiger partial charge in [-0.2, -0.15) is 0 Å². The summed E-state index contributed by atoms with van der Waals surface area (Å²) in [7, 11) is 0. The number of nitrogens with one attached hydrogen (secondary N) is 3. The molecule has 0 unspecified atom stereocenters. The van der Waals surface area contributed by atoms with Gasteiger partial charge in [-0.05, 0) is 56.8 Å². The highest BCUT2D eigenvalue weighted by atomic mass is 19.1. The molecule has 0 bridgehead atoms. The third-order valence-corrected chi connectivity index (χ3v) is 6.00. The molecule has 4 N–H and O–H groups in total. The number of aliphatic carboxylic acids is 2. The number of H-pyrrole nitrogens is 1.